The van der Waals surface area contributed by atoms with Gasteiger partial charge in [-0.05, 0) is 48.2 Å². The first-order chi connectivity index (χ1) is 11.1. The highest BCUT2D eigenvalue weighted by molar-refractivity contribution is 9.10. The molecular formula is C19H18BrNO2. The maximum Gasteiger partial charge on any atom is 0.291 e. The Morgan fingerprint density at radius 2 is 1.78 bits per heavy atom. The van der Waals surface area contributed by atoms with Gasteiger partial charge in [-0.2, -0.15) is 0 Å². The summed E-state index contributed by atoms with van der Waals surface area (Å²) < 4.78 is 6.63. The Morgan fingerprint density at radius 3 is 2.43 bits per heavy atom. The lowest BCUT2D eigenvalue weighted by Crippen LogP contribution is -2.14. The first-order valence-electron chi connectivity index (χ1n) is 7.73. The molecule has 118 valence electrons. The van der Waals surface area contributed by atoms with Gasteiger partial charge in [0.15, 0.2) is 5.76 Å². The van der Waals surface area contributed by atoms with Gasteiger partial charge in [0.2, 0.25) is 0 Å². The highest BCUT2D eigenvalue weighted by Crippen LogP contribution is 2.26. The normalized spacial score (nSPS) is 10.9. The van der Waals surface area contributed by atoms with E-state index in [4.69, 9.17) is 4.42 Å². The quantitative estimate of drug-likeness (QED) is 0.650. The molecule has 2 aromatic carbocycles. The molecule has 1 amide bonds. The van der Waals surface area contributed by atoms with Crippen LogP contribution in [0.1, 0.15) is 35.5 Å². The molecule has 0 saturated heterocycles. The fraction of sp³-hybridized carbons (Fsp3) is 0.211. The predicted octanol–water partition coefficient (Wildman–Crippen LogP) is 5.57. The van der Waals surface area contributed by atoms with E-state index in [1.165, 1.54) is 0 Å². The first-order valence-corrected chi connectivity index (χ1v) is 8.53. The minimum Gasteiger partial charge on any atom is -0.451 e. The number of hydrogen-bond donors (Lipinski definition) is 1. The van der Waals surface area contributed by atoms with Crippen LogP contribution in [0.5, 0.6) is 0 Å². The highest BCUT2D eigenvalue weighted by atomic mass is 79.9. The molecule has 3 aromatic rings. The van der Waals surface area contributed by atoms with Crippen molar-refractivity contribution < 1.29 is 9.21 Å². The lowest BCUT2D eigenvalue weighted by molar-refractivity contribution is 0.0998. The number of carbonyl (C=O) groups is 1. The van der Waals surface area contributed by atoms with Crippen LogP contribution in [0.2, 0.25) is 0 Å². The summed E-state index contributed by atoms with van der Waals surface area (Å²) in [4.78, 5) is 12.6. The monoisotopic (exact) mass is 371 g/mol. The van der Waals surface area contributed by atoms with Gasteiger partial charge in [-0.25, -0.2) is 0 Å². The Hall–Kier alpha value is -2.07. The summed E-state index contributed by atoms with van der Waals surface area (Å²) in [5.74, 6) is 0.110. The van der Waals surface area contributed by atoms with Crippen molar-refractivity contribution in [1.82, 2.24) is 0 Å². The summed E-state index contributed by atoms with van der Waals surface area (Å²) in [7, 11) is 0. The van der Waals surface area contributed by atoms with Gasteiger partial charge in [-0.1, -0.05) is 48.0 Å². The molecule has 1 heterocycles. The van der Waals surface area contributed by atoms with Gasteiger partial charge >= 0.3 is 0 Å². The molecule has 3 rings (SSSR count). The topological polar surface area (TPSA) is 42.2 Å². The fourth-order valence-electron chi connectivity index (χ4n) is 2.70. The average molecular weight is 372 g/mol. The van der Waals surface area contributed by atoms with Gasteiger partial charge in [0, 0.05) is 15.5 Å². The molecule has 0 aliphatic heterocycles. The molecule has 0 bridgehead atoms. The number of fused-ring (bicyclic) bond motifs is 1. The fourth-order valence-corrected chi connectivity index (χ4v) is 3.08. The summed E-state index contributed by atoms with van der Waals surface area (Å²) in [5, 5.41) is 3.93. The van der Waals surface area contributed by atoms with Crippen LogP contribution >= 0.6 is 15.9 Å². The number of nitrogens with one attached hydrogen (secondary N) is 1. The third kappa shape index (κ3) is 3.17. The second kappa shape index (κ2) is 6.59. The first kappa shape index (κ1) is 15.8. The average Bonchev–Trinajstić information content (AvgIpc) is 2.98. The Labute approximate surface area is 143 Å². The number of amides is 1. The van der Waals surface area contributed by atoms with E-state index in [9.17, 15) is 4.79 Å². The van der Waals surface area contributed by atoms with Crippen LogP contribution in [0.3, 0.4) is 0 Å². The molecule has 0 fully saturated rings. The highest BCUT2D eigenvalue weighted by Gasteiger charge is 2.15. The molecule has 0 aliphatic carbocycles. The van der Waals surface area contributed by atoms with E-state index in [0.717, 1.165) is 39.5 Å². The molecule has 0 spiro atoms. The molecule has 0 saturated carbocycles. The van der Waals surface area contributed by atoms with Crippen molar-refractivity contribution in [2.24, 2.45) is 0 Å². The molecule has 0 aliphatic rings. The summed E-state index contributed by atoms with van der Waals surface area (Å²) in [5.41, 5.74) is 3.88. The van der Waals surface area contributed by atoms with E-state index in [-0.39, 0.29) is 5.91 Å². The van der Waals surface area contributed by atoms with Crippen LogP contribution in [-0.4, -0.2) is 5.91 Å². The van der Waals surface area contributed by atoms with Gasteiger partial charge in [0.25, 0.3) is 5.91 Å². The molecule has 3 nitrogen and oxygen atoms in total. The van der Waals surface area contributed by atoms with Crippen LogP contribution in [-0.2, 0) is 12.8 Å². The smallest absolute Gasteiger partial charge is 0.291 e. The Morgan fingerprint density at radius 1 is 1.09 bits per heavy atom. The number of anilines is 1. The van der Waals surface area contributed by atoms with Crippen molar-refractivity contribution in [3.63, 3.8) is 0 Å². The van der Waals surface area contributed by atoms with E-state index < -0.39 is 0 Å². The Balaban J connectivity index is 1.94. The van der Waals surface area contributed by atoms with E-state index in [0.29, 0.717) is 11.3 Å². The Kier molecular flexibility index (Phi) is 4.53. The molecule has 4 heteroatoms. The summed E-state index contributed by atoms with van der Waals surface area (Å²) >= 11 is 3.43. The number of carbonyl (C=O) groups excluding carboxylic acids is 1. The SMILES string of the molecule is CCc1cccc(CC)c1NC(=O)c1cc2cc(Br)ccc2o1. The number of para-hydroxylation sites is 1. The van der Waals surface area contributed by atoms with Crippen molar-refractivity contribution in [2.45, 2.75) is 26.7 Å². The molecule has 1 N–H and O–H groups in total. The zero-order chi connectivity index (χ0) is 16.4. The summed E-state index contributed by atoms with van der Waals surface area (Å²) in [6, 6.07) is 13.6. The maximum absolute atomic E-state index is 12.6. The van der Waals surface area contributed by atoms with Crippen molar-refractivity contribution in [2.75, 3.05) is 5.32 Å². The molecule has 0 atom stereocenters. The van der Waals surface area contributed by atoms with Gasteiger partial charge in [0.05, 0.1) is 0 Å². The number of halogens is 1. The molecule has 0 unspecified atom stereocenters. The third-order valence-electron chi connectivity index (χ3n) is 3.94. The van der Waals surface area contributed by atoms with Gasteiger partial charge in [-0.3, -0.25) is 4.79 Å². The largest absolute Gasteiger partial charge is 0.451 e. The van der Waals surface area contributed by atoms with E-state index in [1.807, 2.05) is 36.4 Å². The van der Waals surface area contributed by atoms with Crippen LogP contribution in [0, 0.1) is 0 Å². The third-order valence-corrected chi connectivity index (χ3v) is 4.43. The lowest BCUT2D eigenvalue weighted by Gasteiger charge is -2.13. The number of hydrogen-bond acceptors (Lipinski definition) is 2. The second-order valence-corrected chi connectivity index (χ2v) is 6.32. The zero-order valence-electron chi connectivity index (χ0n) is 13.2. The number of rotatable bonds is 4. The minimum atomic E-state index is -0.215. The van der Waals surface area contributed by atoms with Crippen molar-refractivity contribution in [3.8, 4) is 0 Å². The van der Waals surface area contributed by atoms with Crippen LogP contribution in [0.15, 0.2) is 51.4 Å². The van der Waals surface area contributed by atoms with E-state index in [2.05, 4.69) is 35.1 Å². The van der Waals surface area contributed by atoms with Crippen LogP contribution in [0.4, 0.5) is 5.69 Å². The summed E-state index contributed by atoms with van der Waals surface area (Å²) in [6.07, 6.45) is 1.74. The summed E-state index contributed by atoms with van der Waals surface area (Å²) in [6.45, 7) is 4.17. The maximum atomic E-state index is 12.6. The molecule has 23 heavy (non-hydrogen) atoms. The predicted molar refractivity (Wildman–Crippen MR) is 97.1 cm³/mol. The van der Waals surface area contributed by atoms with Gasteiger partial charge in [0.1, 0.15) is 5.58 Å². The van der Waals surface area contributed by atoms with Crippen LogP contribution in [0.25, 0.3) is 11.0 Å². The van der Waals surface area contributed by atoms with Crippen molar-refractivity contribution in [1.29, 1.82) is 0 Å². The van der Waals surface area contributed by atoms with Crippen LogP contribution < -0.4 is 5.32 Å². The Bertz CT molecular complexity index is 845. The van der Waals surface area contributed by atoms with Gasteiger partial charge < -0.3 is 9.73 Å². The lowest BCUT2D eigenvalue weighted by atomic mass is 10.0. The standard InChI is InChI=1S/C19H18BrNO2/c1-3-12-6-5-7-13(4-2)18(12)21-19(22)17-11-14-10-15(20)8-9-16(14)23-17/h5-11H,3-4H2,1-2H3,(H,21,22). The number of aryl methyl sites for hydroxylation is 2. The number of furan rings is 1. The van der Waals surface area contributed by atoms with E-state index in [1.54, 1.807) is 6.07 Å². The zero-order valence-corrected chi connectivity index (χ0v) is 14.7. The minimum absolute atomic E-state index is 0.215. The van der Waals surface area contributed by atoms with Gasteiger partial charge in [-0.15, -0.1) is 0 Å². The van der Waals surface area contributed by atoms with Crippen molar-refractivity contribution >= 4 is 38.5 Å². The molecular weight excluding hydrogens is 354 g/mol. The van der Waals surface area contributed by atoms with Crippen molar-refractivity contribution in [3.05, 3.63) is 63.8 Å². The molecule has 1 aromatic heterocycles. The second-order valence-electron chi connectivity index (χ2n) is 5.41. The number of benzene rings is 2. The molecule has 0 radical (unpaired) electrons. The van der Waals surface area contributed by atoms with E-state index >= 15 is 0 Å².